The Hall–Kier alpha value is 0.110. The quantitative estimate of drug-likeness (QED) is 0.684. The second-order valence-electron chi connectivity index (χ2n) is 4.96. The molecule has 0 rings (SSSR count). The van der Waals surface area contributed by atoms with Gasteiger partial charge in [-0.1, -0.05) is 0 Å². The average Bonchev–Trinajstić information content (AvgIpc) is 1.73. The van der Waals surface area contributed by atoms with Crippen LogP contribution in [0, 0.1) is 0 Å². The fourth-order valence-electron chi connectivity index (χ4n) is 0.920. The first-order chi connectivity index (χ1) is 6.54. The lowest BCUT2D eigenvalue weighted by molar-refractivity contribution is 0.0200. The van der Waals surface area contributed by atoms with E-state index in [2.05, 4.69) is 0 Å². The molecule has 4 nitrogen and oxygen atoms in total. The molecule has 0 spiro atoms. The third kappa shape index (κ3) is 7.97. The molecule has 0 unspecified atom stereocenters. The predicted octanol–water partition coefficient (Wildman–Crippen LogP) is 3.76. The van der Waals surface area contributed by atoms with Crippen LogP contribution in [0.1, 0.15) is 48.5 Å². The van der Waals surface area contributed by atoms with Crippen molar-refractivity contribution >= 4 is 7.82 Å². The van der Waals surface area contributed by atoms with Gasteiger partial charge in [-0.15, -0.1) is 0 Å². The summed E-state index contributed by atoms with van der Waals surface area (Å²) in [6, 6.07) is 0. The van der Waals surface area contributed by atoms with Crippen LogP contribution in [0.3, 0.4) is 0 Å². The SMILES string of the molecule is CC(C)OP(=O)(OC(C)C)OC(C)(C)C. The summed E-state index contributed by atoms with van der Waals surface area (Å²) in [5.41, 5.74) is -0.556. The Kier molecular flexibility index (Phi) is 5.48. The highest BCUT2D eigenvalue weighted by atomic mass is 31.2. The van der Waals surface area contributed by atoms with Crippen molar-refractivity contribution in [3.05, 3.63) is 0 Å². The van der Waals surface area contributed by atoms with Crippen molar-refractivity contribution in [2.75, 3.05) is 0 Å². The summed E-state index contributed by atoms with van der Waals surface area (Å²) >= 11 is 0. The number of rotatable bonds is 5. The van der Waals surface area contributed by atoms with Crippen LogP contribution in [0.2, 0.25) is 0 Å². The van der Waals surface area contributed by atoms with Gasteiger partial charge < -0.3 is 0 Å². The number of phosphoric acid groups is 1. The van der Waals surface area contributed by atoms with Crippen molar-refractivity contribution in [2.24, 2.45) is 0 Å². The zero-order valence-corrected chi connectivity index (χ0v) is 11.6. The molecule has 15 heavy (non-hydrogen) atoms. The van der Waals surface area contributed by atoms with E-state index in [1.165, 1.54) is 0 Å². The van der Waals surface area contributed by atoms with Crippen molar-refractivity contribution in [2.45, 2.75) is 66.3 Å². The lowest BCUT2D eigenvalue weighted by Gasteiger charge is -2.28. The predicted molar refractivity (Wildman–Crippen MR) is 60.9 cm³/mol. The van der Waals surface area contributed by atoms with E-state index in [-0.39, 0.29) is 12.2 Å². The van der Waals surface area contributed by atoms with Gasteiger partial charge in [0.1, 0.15) is 0 Å². The van der Waals surface area contributed by atoms with Gasteiger partial charge in [0.25, 0.3) is 0 Å². The Morgan fingerprint density at radius 2 is 1.27 bits per heavy atom. The van der Waals surface area contributed by atoms with Gasteiger partial charge in [-0.3, -0.25) is 13.6 Å². The zero-order chi connectivity index (χ0) is 12.3. The van der Waals surface area contributed by atoms with Crippen LogP contribution in [0.15, 0.2) is 0 Å². The molecule has 92 valence electrons. The van der Waals surface area contributed by atoms with Crippen molar-refractivity contribution in [3.63, 3.8) is 0 Å². The van der Waals surface area contributed by atoms with E-state index >= 15 is 0 Å². The molecule has 0 aliphatic heterocycles. The van der Waals surface area contributed by atoms with Crippen LogP contribution < -0.4 is 0 Å². The van der Waals surface area contributed by atoms with Gasteiger partial charge in [-0.05, 0) is 48.5 Å². The first-order valence-corrected chi connectivity index (χ1v) is 6.68. The summed E-state index contributed by atoms with van der Waals surface area (Å²) in [6.07, 6.45) is -0.395. The summed E-state index contributed by atoms with van der Waals surface area (Å²) in [5, 5.41) is 0. The molecule has 0 amide bonds. The zero-order valence-electron chi connectivity index (χ0n) is 10.7. The van der Waals surface area contributed by atoms with E-state index in [0.29, 0.717) is 0 Å². The van der Waals surface area contributed by atoms with E-state index < -0.39 is 13.4 Å². The Morgan fingerprint density at radius 1 is 0.933 bits per heavy atom. The van der Waals surface area contributed by atoms with Crippen LogP contribution in [-0.4, -0.2) is 17.8 Å². The molecule has 0 aliphatic carbocycles. The molecule has 0 aromatic rings. The van der Waals surface area contributed by atoms with E-state index in [9.17, 15) is 4.57 Å². The van der Waals surface area contributed by atoms with Crippen LogP contribution in [0.5, 0.6) is 0 Å². The van der Waals surface area contributed by atoms with Crippen molar-refractivity contribution < 1.29 is 18.1 Å². The topological polar surface area (TPSA) is 44.8 Å². The molecule has 0 heterocycles. The summed E-state index contributed by atoms with van der Waals surface area (Å²) in [6.45, 7) is 12.6. The first kappa shape index (κ1) is 15.1. The van der Waals surface area contributed by atoms with Gasteiger partial charge in [0.2, 0.25) is 0 Å². The monoisotopic (exact) mass is 238 g/mol. The first-order valence-electron chi connectivity index (χ1n) is 5.22. The normalized spacial score (nSPS) is 13.9. The van der Waals surface area contributed by atoms with Crippen molar-refractivity contribution in [3.8, 4) is 0 Å². The third-order valence-corrected chi connectivity index (χ3v) is 3.20. The smallest absolute Gasteiger partial charge is 0.284 e. The maximum Gasteiger partial charge on any atom is 0.475 e. The molecule has 0 aliphatic rings. The van der Waals surface area contributed by atoms with Crippen LogP contribution in [0.25, 0.3) is 0 Å². The Balaban J connectivity index is 4.63. The standard InChI is InChI=1S/C10H23O4P/c1-8(2)12-15(11,13-9(3)4)14-10(5,6)7/h8-9H,1-7H3. The molecule has 0 saturated heterocycles. The second kappa shape index (κ2) is 5.44. The molecule has 0 bridgehead atoms. The van der Waals surface area contributed by atoms with Crippen LogP contribution >= 0.6 is 7.82 Å². The number of hydrogen-bond acceptors (Lipinski definition) is 4. The van der Waals surface area contributed by atoms with Crippen molar-refractivity contribution in [1.82, 2.24) is 0 Å². The largest absolute Gasteiger partial charge is 0.475 e. The molecular weight excluding hydrogens is 215 g/mol. The van der Waals surface area contributed by atoms with Crippen LogP contribution in [0.4, 0.5) is 0 Å². The maximum absolute atomic E-state index is 12.2. The Labute approximate surface area is 92.9 Å². The fourth-order valence-corrected chi connectivity index (χ4v) is 2.76. The molecular formula is C10H23O4P. The summed E-state index contributed by atoms with van der Waals surface area (Å²) in [4.78, 5) is 0. The van der Waals surface area contributed by atoms with Gasteiger partial charge in [-0.25, -0.2) is 4.57 Å². The molecule has 0 aromatic heterocycles. The summed E-state index contributed by atoms with van der Waals surface area (Å²) < 4.78 is 28.0. The lowest BCUT2D eigenvalue weighted by Crippen LogP contribution is -2.21. The molecule has 0 aromatic carbocycles. The van der Waals surface area contributed by atoms with Gasteiger partial charge in [-0.2, -0.15) is 0 Å². The molecule has 0 fully saturated rings. The Bertz CT molecular complexity index is 216. The molecule has 0 saturated carbocycles. The van der Waals surface area contributed by atoms with Gasteiger partial charge in [0.05, 0.1) is 17.8 Å². The second-order valence-corrected chi connectivity index (χ2v) is 6.46. The molecule has 0 N–H and O–H groups in total. The number of hydrogen-bond donors (Lipinski definition) is 0. The van der Waals surface area contributed by atoms with E-state index in [4.69, 9.17) is 13.6 Å². The minimum absolute atomic E-state index is 0.197. The highest BCUT2D eigenvalue weighted by Crippen LogP contribution is 2.54. The summed E-state index contributed by atoms with van der Waals surface area (Å²) in [5.74, 6) is 0. The average molecular weight is 238 g/mol. The van der Waals surface area contributed by atoms with E-state index in [0.717, 1.165) is 0 Å². The number of phosphoric ester groups is 1. The van der Waals surface area contributed by atoms with Crippen molar-refractivity contribution in [1.29, 1.82) is 0 Å². The molecule has 0 atom stereocenters. The molecule has 0 radical (unpaired) electrons. The van der Waals surface area contributed by atoms with Gasteiger partial charge in [0.15, 0.2) is 0 Å². The van der Waals surface area contributed by atoms with Gasteiger partial charge in [0, 0.05) is 0 Å². The molecule has 5 heteroatoms. The van der Waals surface area contributed by atoms with Crippen LogP contribution in [-0.2, 0) is 18.1 Å². The lowest BCUT2D eigenvalue weighted by atomic mass is 10.2. The fraction of sp³-hybridized carbons (Fsp3) is 1.00. The van der Waals surface area contributed by atoms with E-state index in [1.807, 2.05) is 20.8 Å². The highest BCUT2D eigenvalue weighted by Gasteiger charge is 2.34. The minimum Gasteiger partial charge on any atom is -0.284 e. The Morgan fingerprint density at radius 3 is 1.47 bits per heavy atom. The third-order valence-electron chi connectivity index (χ3n) is 1.07. The minimum atomic E-state index is -3.45. The maximum atomic E-state index is 12.2. The summed E-state index contributed by atoms with van der Waals surface area (Å²) in [7, 11) is -3.45. The van der Waals surface area contributed by atoms with E-state index in [1.54, 1.807) is 27.7 Å². The highest BCUT2D eigenvalue weighted by molar-refractivity contribution is 7.48. The van der Waals surface area contributed by atoms with Gasteiger partial charge >= 0.3 is 7.82 Å².